The third-order valence-corrected chi connectivity index (χ3v) is 22.3. The Hall–Kier alpha value is -15.5. The lowest BCUT2D eigenvalue weighted by atomic mass is 10.0. The molecule has 3 atom stereocenters. The lowest BCUT2D eigenvalue weighted by Crippen LogP contribution is -2.52. The van der Waals surface area contributed by atoms with E-state index in [9.17, 15) is 55.4 Å². The van der Waals surface area contributed by atoms with Gasteiger partial charge in [-0.25, -0.2) is 4.79 Å². The second kappa shape index (κ2) is 48.5. The summed E-state index contributed by atoms with van der Waals surface area (Å²) in [5, 5.41) is 53.1. The third kappa shape index (κ3) is 32.9. The number of hydrogen-bond acceptors (Lipinski definition) is 27. The first-order valence-electron chi connectivity index (χ1n) is 45.7. The Morgan fingerprint density at radius 3 is 1.41 bits per heavy atom. The molecule has 734 valence electrons. The largest absolute Gasteiger partial charge is 0.480 e. The average Bonchev–Trinajstić information content (AvgIpc) is 1.61. The highest BCUT2D eigenvalue weighted by Crippen LogP contribution is 2.50. The summed E-state index contributed by atoms with van der Waals surface area (Å²) < 4.78 is 124. The molecular formula is C95H102Cl3F6N27O9. The van der Waals surface area contributed by atoms with Gasteiger partial charge in [0.15, 0.2) is 25.0 Å². The van der Waals surface area contributed by atoms with Crippen molar-refractivity contribution >= 4 is 135 Å². The molecule has 20 N–H and O–H groups in total. The molecule has 14 rings (SSSR count). The molecule has 0 radical (unpaired) electrons. The van der Waals surface area contributed by atoms with Crippen molar-refractivity contribution < 1.29 is 75.1 Å². The molecule has 8 aromatic carbocycles. The van der Waals surface area contributed by atoms with E-state index in [4.69, 9.17) is 78.8 Å². The Morgan fingerprint density at radius 2 is 0.943 bits per heavy atom. The van der Waals surface area contributed by atoms with Crippen molar-refractivity contribution in [3.8, 4) is 18.0 Å². The van der Waals surface area contributed by atoms with Crippen LogP contribution in [0.1, 0.15) is 136 Å². The van der Waals surface area contributed by atoms with Gasteiger partial charge < -0.3 is 105 Å². The summed E-state index contributed by atoms with van der Waals surface area (Å²) >= 11 is 18.0. The number of unbranched alkanes of at least 4 members (excludes halogenated alkanes) is 1. The number of guanidine groups is 2. The molecule has 3 aliphatic rings. The number of anilines is 9. The number of alkyl halides is 6. The highest BCUT2D eigenvalue weighted by atomic mass is 35.5. The molecule has 4 amide bonds. The molecule has 0 spiro atoms. The number of nitrogens with one attached hydrogen (secondary N) is 11. The predicted octanol–water partition coefficient (Wildman–Crippen LogP) is 14.9. The molecule has 2 saturated carbocycles. The zero-order valence-electron chi connectivity index (χ0n) is 79.1. The smallest absolute Gasteiger partial charge is 0.422 e. The summed E-state index contributed by atoms with van der Waals surface area (Å²) in [6.07, 6.45) is -5.45. The summed E-state index contributed by atoms with van der Waals surface area (Å²) in [5.74, 6) is -3.41. The van der Waals surface area contributed by atoms with Gasteiger partial charge in [0.25, 0.3) is 17.7 Å². The number of carboxylic acid groups (broad SMARTS) is 1. The van der Waals surface area contributed by atoms with Crippen LogP contribution in [-0.2, 0) is 40.2 Å². The summed E-state index contributed by atoms with van der Waals surface area (Å²) in [4.78, 5) is 110. The fourth-order valence-corrected chi connectivity index (χ4v) is 14.4. The zero-order chi connectivity index (χ0) is 104. The van der Waals surface area contributed by atoms with E-state index in [2.05, 4.69) is 114 Å². The minimum absolute atomic E-state index is 0.0229. The van der Waals surface area contributed by atoms with Crippen LogP contribution in [-0.4, -0.2) is 183 Å². The molecule has 45 heteroatoms. The van der Waals surface area contributed by atoms with Crippen LogP contribution < -0.4 is 85.0 Å². The lowest BCUT2D eigenvalue weighted by Gasteiger charge is -2.35. The van der Waals surface area contributed by atoms with Crippen LogP contribution in [0.5, 0.6) is 18.0 Å². The summed E-state index contributed by atoms with van der Waals surface area (Å²) in [5.41, 5.74) is 28.1. The number of rotatable bonds is 42. The number of carbonyl (C=O) groups excluding carboxylic acids is 4. The van der Waals surface area contributed by atoms with E-state index in [1.807, 2.05) is 60.7 Å². The fourth-order valence-electron chi connectivity index (χ4n) is 14.0. The maximum atomic E-state index is 13.4. The van der Waals surface area contributed by atoms with Crippen molar-refractivity contribution in [2.24, 2.45) is 27.9 Å². The predicted molar refractivity (Wildman–Crippen MR) is 520 cm³/mol. The van der Waals surface area contributed by atoms with Gasteiger partial charge in [-0.15, -0.1) is 0 Å². The molecule has 2 aliphatic carbocycles. The Labute approximate surface area is 821 Å². The number of carbonyl (C=O) groups is 5. The van der Waals surface area contributed by atoms with Crippen LogP contribution in [0.4, 0.5) is 79.1 Å². The molecular weight excluding hydrogens is 1880 g/mol. The van der Waals surface area contributed by atoms with Crippen LogP contribution >= 0.6 is 34.8 Å². The van der Waals surface area contributed by atoms with E-state index < -0.39 is 90.4 Å². The van der Waals surface area contributed by atoms with E-state index in [0.29, 0.717) is 153 Å². The third-order valence-electron chi connectivity index (χ3n) is 21.5. The van der Waals surface area contributed by atoms with Gasteiger partial charge in [0.2, 0.25) is 41.6 Å². The van der Waals surface area contributed by atoms with Gasteiger partial charge in [0.1, 0.15) is 18.7 Å². The standard InChI is InChI=1S/C38H40ClF3N8O5.C29H30ClN9O2.C28H32ClF3N10O2/c1-23(43)7-5-6-10-29(32(52)46-30(33(53)54)21-24-8-3-2-4-9-24)45-31(51)25-11-17-28(18-12-25)44-34-47-35(49-36(48-34)55-22-38(40,41)42)50-37(19-20-37)26-13-15-27(39)16-14-26;30-23-11-9-20(10-12-23)18-33-27-35-28(37-29(36-27)41-19-21-5-2-1-3-6-21)34-24-8-4-7-22(17-24)25(40)38-13-15-39(16-14-38)26(31)32;1-16(33)21(3-2-14-36-23(34)35)38-22(43)17-4-10-20(11-5-17)37-24-39-25(41-26(40-24)44-15-28(30,31)32)42-27(12-13-27)18-6-8-19(29)9-7-18/h2-4,8-9,11-18,29-30,43H,5-7,10,19-22H2,1H3,(H,45,51)(H,46,52)(H,53,54)(H2,44,47,48,49,50);1-12,17H,13-16,18-19H2,(H3,31,32)(H2,33,34,35,36,37);4-11,21H,1-3,12-15,33H2,(H,38,43)(H4,34,35,36)(H2,37,39,40,41,42)/t29-,30+;;21-/m1.0/s1/i22D2;;15D2. The zero-order valence-corrected chi connectivity index (χ0v) is 77.4. The number of piperazine rings is 1. The number of hydrogen-bond donors (Lipinski definition) is 16. The van der Waals surface area contributed by atoms with Gasteiger partial charge in [-0.2, -0.15) is 71.2 Å². The van der Waals surface area contributed by atoms with Gasteiger partial charge in [-0.1, -0.05) is 151 Å². The maximum Gasteiger partial charge on any atom is 0.422 e. The van der Waals surface area contributed by atoms with Crippen molar-refractivity contribution in [3.05, 3.63) is 278 Å². The van der Waals surface area contributed by atoms with E-state index in [1.54, 1.807) is 114 Å². The lowest BCUT2D eigenvalue weighted by molar-refractivity contribution is -0.155. The van der Waals surface area contributed by atoms with Crippen LogP contribution in [0, 0.1) is 10.8 Å². The van der Waals surface area contributed by atoms with Crippen molar-refractivity contribution in [1.29, 1.82) is 10.8 Å². The highest BCUT2D eigenvalue weighted by molar-refractivity contribution is 6.31. The summed E-state index contributed by atoms with van der Waals surface area (Å²) in [6.45, 7) is 0.333. The molecule has 36 nitrogen and oxygen atoms in total. The van der Waals surface area contributed by atoms with E-state index in [1.165, 1.54) is 48.5 Å². The molecule has 3 fully saturated rings. The number of amides is 4. The number of halogens is 9. The van der Waals surface area contributed by atoms with Gasteiger partial charge in [-0.05, 0) is 196 Å². The van der Waals surface area contributed by atoms with Crippen molar-refractivity contribution in [2.45, 2.75) is 132 Å². The molecule has 4 heterocycles. The first-order chi connectivity index (χ1) is 68.4. The van der Waals surface area contributed by atoms with Crippen LogP contribution in [0.2, 0.25) is 15.1 Å². The minimum atomic E-state index is -5.41. The highest BCUT2D eigenvalue weighted by Gasteiger charge is 2.47. The number of benzene rings is 8. The van der Waals surface area contributed by atoms with E-state index in [0.717, 1.165) is 22.3 Å². The van der Waals surface area contributed by atoms with Crippen LogP contribution in [0.25, 0.3) is 0 Å². The Morgan fingerprint density at radius 1 is 0.500 bits per heavy atom. The first kappa shape index (κ1) is 97.6. The van der Waals surface area contributed by atoms with Gasteiger partial charge in [0.05, 0.1) is 22.6 Å². The molecule has 3 aromatic heterocycles. The van der Waals surface area contributed by atoms with Gasteiger partial charge in [0, 0.05) is 106 Å². The molecule has 0 unspecified atom stereocenters. The molecule has 1 saturated heterocycles. The van der Waals surface area contributed by atoms with Crippen LogP contribution in [0.3, 0.4) is 0 Å². The van der Waals surface area contributed by atoms with Crippen molar-refractivity contribution in [1.82, 2.24) is 70.6 Å². The monoisotopic (exact) mass is 1990 g/mol. The topological polar surface area (TPSA) is 528 Å². The Bertz CT molecular complexity index is 6340. The van der Waals surface area contributed by atoms with E-state index in [-0.39, 0.29) is 88.9 Å². The number of carboxylic acids is 1. The molecule has 11 aromatic rings. The number of nitrogens with two attached hydrogens (primary N) is 4. The summed E-state index contributed by atoms with van der Waals surface area (Å²) in [7, 11) is 0. The first-order valence-corrected chi connectivity index (χ1v) is 44.8. The number of aromatic nitrogens is 9. The SMILES string of the molecule is N=C(N)N1CCN(C(=O)c2cccc(Nc3nc(NCc4ccc(Cl)cc4)nc(OCc4ccccc4)n3)c2)CC1.[2H]C([2H])(Oc1nc(Nc2ccc(C(=O)N[C@@H](CCCN=C(N)N)C(=C)N)cc2)nc(NC2(c3ccc(Cl)cc3)CC2)n1)C(F)(F)F.[2H]C([2H])(Oc1nc(Nc2ccc(C(=O)N[C@H](CCCCC(C)=N)C(=O)N[C@@H](Cc3ccccc3)C(=O)O)cc2)nc(NC2(c3ccc(Cl)cc3)CC2)n1)C(F)(F)F. The van der Waals surface area contributed by atoms with Crippen molar-refractivity contribution in [3.63, 3.8) is 0 Å². The van der Waals surface area contributed by atoms with Crippen LogP contribution in [0.15, 0.2) is 224 Å². The Balaban J connectivity index is 0.000000195. The number of aliphatic imine (C=N–C) groups is 1. The van der Waals surface area contributed by atoms with Gasteiger partial charge >= 0.3 is 36.4 Å². The maximum absolute atomic E-state index is 13.4. The number of aliphatic carboxylic acids is 1. The van der Waals surface area contributed by atoms with Crippen molar-refractivity contribution in [2.75, 3.05) is 77.7 Å². The normalized spacial score (nSPS) is 14.5. The fraction of sp³-hybridized carbons (Fsp3) is 0.295. The second-order valence-electron chi connectivity index (χ2n) is 32.3. The average molecular weight is 1990 g/mol. The molecule has 0 bridgehead atoms. The minimum Gasteiger partial charge on any atom is -0.480 e. The number of nitrogens with zero attached hydrogens (tertiary/aromatic N) is 12. The Kier molecular flexibility index (Phi) is 33.8. The molecule has 1 aliphatic heterocycles. The second-order valence-corrected chi connectivity index (χ2v) is 33.7. The molecule has 140 heavy (non-hydrogen) atoms. The number of ether oxygens (including phenoxy) is 3. The quantitative estimate of drug-likeness (QED) is 0.00731. The summed E-state index contributed by atoms with van der Waals surface area (Å²) in [6, 6.07) is 54.2. The van der Waals surface area contributed by atoms with E-state index >= 15 is 0 Å². The van der Waals surface area contributed by atoms with Gasteiger partial charge in [-0.3, -0.25) is 29.6 Å².